The van der Waals surface area contributed by atoms with E-state index in [1.807, 2.05) is 18.2 Å². The van der Waals surface area contributed by atoms with Gasteiger partial charge in [-0.1, -0.05) is 299 Å². The van der Waals surface area contributed by atoms with Crippen molar-refractivity contribution in [3.8, 4) is 0 Å². The maximum atomic E-state index is 7.00. The van der Waals surface area contributed by atoms with Gasteiger partial charge in [-0.15, -0.1) is 0 Å². The van der Waals surface area contributed by atoms with Crippen LogP contribution in [0.5, 0.6) is 0 Å². The van der Waals surface area contributed by atoms with Crippen molar-refractivity contribution in [2.24, 2.45) is 0 Å². The third kappa shape index (κ3) is 76.9. The average molecular weight is 943 g/mol. The molecule has 0 aromatic heterocycles. The van der Waals surface area contributed by atoms with Crippen molar-refractivity contribution in [2.45, 2.75) is 267 Å². The van der Waals surface area contributed by atoms with Gasteiger partial charge in [0.25, 0.3) is 0 Å². The van der Waals surface area contributed by atoms with Crippen LogP contribution >= 0.6 is 0 Å². The van der Waals surface area contributed by atoms with Crippen LogP contribution in [0.3, 0.4) is 0 Å². The van der Waals surface area contributed by atoms with Gasteiger partial charge in [0.05, 0.1) is 0 Å². The minimum absolute atomic E-state index is 0. The van der Waals surface area contributed by atoms with E-state index in [1.54, 1.807) is 0 Å². The zero-order valence-corrected chi connectivity index (χ0v) is 47.6. The Morgan fingerprint density at radius 2 is 0.785 bits per heavy atom. The Labute approximate surface area is 423 Å². The first kappa shape index (κ1) is 77.5. The topological polar surface area (TPSA) is 20.2 Å². The number of benzene rings is 2. The monoisotopic (exact) mass is 942 g/mol. The predicted molar refractivity (Wildman–Crippen MR) is 304 cm³/mol. The largest absolute Gasteiger partial charge is 0.400 e. The van der Waals surface area contributed by atoms with Gasteiger partial charge in [0.1, 0.15) is 0 Å². The van der Waals surface area contributed by atoms with Gasteiger partial charge < -0.3 is 33.8 Å². The molecule has 0 fully saturated rings. The molecule has 0 aliphatic carbocycles. The summed E-state index contributed by atoms with van der Waals surface area (Å²) in [7, 11) is 1.00. The maximum Gasteiger partial charge on any atom is 0.0319 e. The minimum Gasteiger partial charge on any atom is -0.400 e. The Morgan fingerprint density at radius 3 is 0.985 bits per heavy atom. The van der Waals surface area contributed by atoms with Crippen molar-refractivity contribution >= 4 is 4.73 Å². The summed E-state index contributed by atoms with van der Waals surface area (Å²) in [5.74, 6) is 0.494. The molecule has 0 bridgehead atoms. The molecule has 2 aromatic carbocycles. The van der Waals surface area contributed by atoms with Crippen molar-refractivity contribution in [3.63, 3.8) is 0 Å². The van der Waals surface area contributed by atoms with E-state index < -0.39 is 0 Å². The van der Waals surface area contributed by atoms with Gasteiger partial charge in [0.2, 0.25) is 0 Å². The minimum atomic E-state index is 0. The van der Waals surface area contributed by atoms with E-state index in [2.05, 4.69) is 152 Å². The van der Waals surface area contributed by atoms with Crippen molar-refractivity contribution in [1.82, 2.24) is 0 Å². The van der Waals surface area contributed by atoms with Gasteiger partial charge in [0, 0.05) is 13.0 Å². The molecule has 0 spiro atoms. The van der Waals surface area contributed by atoms with Gasteiger partial charge in [0.15, 0.2) is 0 Å². The number of allylic oxidation sites excluding steroid dienone is 3. The molecule has 1 N–H and O–H groups in total. The molecule has 0 saturated heterocycles. The maximum absolute atomic E-state index is 7.00. The molecule has 1 atom stereocenters. The fraction of sp³-hybridized carbons (Fsp3) is 0.667. The van der Waals surface area contributed by atoms with Crippen molar-refractivity contribution in [1.29, 1.82) is 0 Å². The molecule has 0 amide bonds. The first-order chi connectivity index (χ1) is 30.8. The fourth-order valence-corrected chi connectivity index (χ4v) is 6.47. The number of rotatable bonds is 32. The molecule has 1 nitrogen and oxygen atoms in total. The Bertz CT molecular complexity index is 1030. The number of hydrogen-bond donors (Lipinski definition) is 1. The van der Waals surface area contributed by atoms with Crippen molar-refractivity contribution in [3.05, 3.63) is 125 Å². The molecule has 2 aromatic rings. The van der Waals surface area contributed by atoms with Crippen LogP contribution in [0.4, 0.5) is 0 Å². The van der Waals surface area contributed by atoms with Crippen LogP contribution in [0, 0.1) is 35.6 Å². The summed E-state index contributed by atoms with van der Waals surface area (Å²) in [5.41, 5.74) is 4.04. The van der Waals surface area contributed by atoms with E-state index in [1.165, 1.54) is 190 Å². The first-order valence-corrected chi connectivity index (χ1v) is 27.5. The first-order valence-electron chi connectivity index (χ1n) is 26.7. The third-order valence-corrected chi connectivity index (χ3v) is 11.2. The van der Waals surface area contributed by atoms with E-state index in [-0.39, 0.29) is 14.9 Å². The van der Waals surface area contributed by atoms with Crippen LogP contribution in [0.25, 0.3) is 0 Å². The molecule has 2 heteroatoms. The van der Waals surface area contributed by atoms with E-state index >= 15 is 0 Å². The molecule has 0 heterocycles. The van der Waals surface area contributed by atoms with E-state index in [9.17, 15) is 0 Å². The van der Waals surface area contributed by atoms with Crippen LogP contribution in [-0.2, 0) is 17.0 Å². The summed E-state index contributed by atoms with van der Waals surface area (Å²) >= 11 is 2.41. The van der Waals surface area contributed by atoms with Crippen LogP contribution in [0.1, 0.15) is 271 Å². The van der Waals surface area contributed by atoms with E-state index in [4.69, 9.17) is 5.11 Å². The summed E-state index contributed by atoms with van der Waals surface area (Å²) in [6, 6.07) is 20.9. The number of hydrogen-bond acceptors (Lipinski definition) is 1. The molecule has 385 valence electrons. The second kappa shape index (κ2) is 76.6. The quantitative estimate of drug-likeness (QED) is 0.0440. The van der Waals surface area contributed by atoms with Crippen molar-refractivity contribution in [2.75, 3.05) is 7.11 Å². The van der Waals surface area contributed by atoms with Crippen LogP contribution in [0.15, 0.2) is 85.0 Å². The predicted octanol–water partition coefficient (Wildman–Crippen LogP) is 22.0. The normalized spacial score (nSPS) is 10.0. The zero-order chi connectivity index (χ0) is 48.1. The fourth-order valence-electron chi connectivity index (χ4n) is 6.47. The van der Waals surface area contributed by atoms with Gasteiger partial charge in [-0.2, -0.15) is 0 Å². The Balaban J connectivity index is -0.000000131. The number of aliphatic hydroxyl groups is 1. The smallest absolute Gasteiger partial charge is 0.0319 e. The molecule has 2 rings (SSSR count). The van der Waals surface area contributed by atoms with E-state index in [0.717, 1.165) is 39.2 Å². The molecular formula is C63H118OV-4. The summed E-state index contributed by atoms with van der Waals surface area (Å²) in [5, 5.41) is 7.00. The molecule has 1 unspecified atom stereocenters. The van der Waals surface area contributed by atoms with Gasteiger partial charge in [-0.05, 0) is 31.7 Å². The third-order valence-electron chi connectivity index (χ3n) is 10.6. The van der Waals surface area contributed by atoms with Gasteiger partial charge in [-0.25, -0.2) is 12.8 Å². The number of aliphatic hydroxyl groups excluding tert-OH is 1. The number of aryl methyl sites for hydroxylation is 1. The molecular weight excluding hydrogens is 824 g/mol. The SMILES string of the molecule is C=C(CC)CC(/C=C/CC)c1ccccc1.CCCCCCCCCCCCC.CCCCCCCCCCCCCCCCC.CC[CH]=[V].CO.Cc1ccccc1.[CH2-]CC[CH2-].[CH3-].[CH3-]. The molecule has 0 aliphatic rings. The van der Waals surface area contributed by atoms with Gasteiger partial charge >= 0.3 is 35.1 Å². The average Bonchev–Trinajstić information content (AvgIpc) is 3.33. The summed E-state index contributed by atoms with van der Waals surface area (Å²) < 4.78 is 2.06. The molecule has 0 aliphatic heterocycles. The second-order valence-electron chi connectivity index (χ2n) is 16.9. The Hall–Kier alpha value is -1.67. The van der Waals surface area contributed by atoms with Gasteiger partial charge in [-0.3, -0.25) is 0 Å². The number of unbranched alkanes of at least 4 members (excludes halogenated alkanes) is 25. The summed E-state index contributed by atoms with van der Waals surface area (Å²) in [4.78, 5) is 0. The summed E-state index contributed by atoms with van der Waals surface area (Å²) in [6.07, 6.45) is 48.7. The van der Waals surface area contributed by atoms with E-state index in [0.29, 0.717) is 5.92 Å². The van der Waals surface area contributed by atoms with Crippen LogP contribution in [0.2, 0.25) is 0 Å². The van der Waals surface area contributed by atoms with Crippen LogP contribution in [-0.4, -0.2) is 16.9 Å². The van der Waals surface area contributed by atoms with Crippen molar-refractivity contribution < 1.29 is 22.1 Å². The Kier molecular flexibility index (Phi) is 91.4. The standard InChI is InChI=1S/C17H36.C16H22.C13H28.C7H8.C4H8.C3H6.CH4O.2CH3.V/c1-3-5-7-9-11-13-15-17-16-14-12-10-8-6-4-2;1-4-6-10-16(13-14(3)5-2)15-11-8-7-9-12-15;1-3-5-7-9-11-13-12-10-8-6-4-2;1-7-5-3-2-4-6-7;1-3-4-2;1-3-2;1-2;;;/h3-17H2,1-2H3;6-12,16H,3-5,13H2,1-2H3;3-13H2,1-2H3;2-6H,1H3;1-4H2;1H,3H2,2H3;2H,1H3;2*1H3;/q;;;;-2;;;2*-1;/b;10-6+;;;;;;;;. The molecule has 65 heavy (non-hydrogen) atoms. The second-order valence-corrected chi connectivity index (χ2v) is 17.5. The molecule has 0 saturated carbocycles. The summed E-state index contributed by atoms with van der Waals surface area (Å²) in [6.45, 7) is 28.9. The molecule has 0 radical (unpaired) electrons. The zero-order valence-electron chi connectivity index (χ0n) is 46.2. The Morgan fingerprint density at radius 1 is 0.508 bits per heavy atom. The van der Waals surface area contributed by atoms with Crippen LogP contribution < -0.4 is 0 Å².